The zero-order valence-electron chi connectivity index (χ0n) is 9.42. The van der Waals surface area contributed by atoms with Crippen molar-refractivity contribution in [3.63, 3.8) is 0 Å². The molecular weight excluding hydrogens is 172 g/mol. The van der Waals surface area contributed by atoms with E-state index in [4.69, 9.17) is 11.2 Å². The average molecular weight is 192 g/mol. The molecule has 0 unspecified atom stereocenters. The maximum absolute atomic E-state index is 5.14. The summed E-state index contributed by atoms with van der Waals surface area (Å²) in [7, 11) is 0. The Balaban J connectivity index is 0. The van der Waals surface area contributed by atoms with Gasteiger partial charge in [-0.15, -0.1) is 6.42 Å². The molecule has 78 valence electrons. The molecule has 0 aliphatic rings. The first-order valence-corrected chi connectivity index (χ1v) is 4.80. The van der Waals surface area contributed by atoms with Gasteiger partial charge in [0.25, 0.3) is 0 Å². The van der Waals surface area contributed by atoms with Gasteiger partial charge in [-0.3, -0.25) is 0 Å². The van der Waals surface area contributed by atoms with E-state index in [1.165, 1.54) is 0 Å². The van der Waals surface area contributed by atoms with E-state index in [1.54, 1.807) is 6.08 Å². The lowest BCUT2D eigenvalue weighted by Gasteiger charge is -1.99. The van der Waals surface area contributed by atoms with Gasteiger partial charge in [-0.1, -0.05) is 50.7 Å². The van der Waals surface area contributed by atoms with Crippen LogP contribution in [0.2, 0.25) is 0 Å². The lowest BCUT2D eigenvalue weighted by atomic mass is 10.2. The summed E-state index contributed by atoms with van der Waals surface area (Å²) in [5, 5.41) is 0. The maximum atomic E-state index is 5.14. The van der Waals surface area contributed by atoms with Crippen LogP contribution in [0.1, 0.15) is 20.8 Å². The predicted octanol–water partition coefficient (Wildman–Crippen LogP) is 3.35. The largest absolute Gasteiger partial charge is 0.364 e. The Hall–Kier alpha value is -1.26. The van der Waals surface area contributed by atoms with Crippen molar-refractivity contribution >= 4 is 0 Å². The van der Waals surface area contributed by atoms with Gasteiger partial charge in [0.15, 0.2) is 0 Å². The summed E-state index contributed by atoms with van der Waals surface area (Å²) in [5.41, 5.74) is 1.10. The summed E-state index contributed by atoms with van der Waals surface area (Å²) in [4.78, 5) is 0. The van der Waals surface area contributed by atoms with Crippen LogP contribution in [0.15, 0.2) is 36.5 Å². The predicted molar refractivity (Wildman–Crippen MR) is 64.1 cm³/mol. The molecule has 0 radical (unpaired) electrons. The second-order valence-electron chi connectivity index (χ2n) is 2.16. The van der Waals surface area contributed by atoms with Crippen molar-refractivity contribution in [1.29, 1.82) is 0 Å². The molecule has 0 aromatic heterocycles. The van der Waals surface area contributed by atoms with Gasteiger partial charge < -0.3 is 4.74 Å². The summed E-state index contributed by atoms with van der Waals surface area (Å²) in [6.45, 7) is 10.5. The van der Waals surface area contributed by atoms with E-state index in [0.717, 1.165) is 5.57 Å². The maximum Gasteiger partial charge on any atom is 0.107 e. The molecule has 0 fully saturated rings. The second-order valence-corrected chi connectivity index (χ2v) is 2.16. The third kappa shape index (κ3) is 10.7. The Morgan fingerprint density at radius 2 is 2.14 bits per heavy atom. The fraction of sp³-hybridized carbons (Fsp3) is 0.385. The zero-order valence-corrected chi connectivity index (χ0v) is 9.42. The lowest BCUT2D eigenvalue weighted by molar-refractivity contribution is 0.194. The van der Waals surface area contributed by atoms with Crippen molar-refractivity contribution in [2.45, 2.75) is 20.8 Å². The first-order chi connectivity index (χ1) is 6.85. The first-order valence-electron chi connectivity index (χ1n) is 4.80. The molecular formula is C13H20O. The van der Waals surface area contributed by atoms with Crippen LogP contribution in [0, 0.1) is 12.3 Å². The molecule has 0 rings (SSSR count). The molecule has 0 aliphatic carbocycles. The highest BCUT2D eigenvalue weighted by molar-refractivity contribution is 5.21. The van der Waals surface area contributed by atoms with E-state index >= 15 is 0 Å². The second kappa shape index (κ2) is 14.3. The van der Waals surface area contributed by atoms with Crippen LogP contribution in [0.25, 0.3) is 0 Å². The Bertz CT molecular complexity index is 216. The number of terminal acetylenes is 1. The molecule has 1 nitrogen and oxygen atoms in total. The van der Waals surface area contributed by atoms with Gasteiger partial charge in [0.05, 0.1) is 6.61 Å². The molecule has 1 heteroatoms. The van der Waals surface area contributed by atoms with Crippen LogP contribution in [0.3, 0.4) is 0 Å². The van der Waals surface area contributed by atoms with Crippen molar-refractivity contribution in [3.05, 3.63) is 36.5 Å². The van der Waals surface area contributed by atoms with Gasteiger partial charge in [-0.25, -0.2) is 0 Å². The Kier molecular flexibility index (Phi) is 15.5. The van der Waals surface area contributed by atoms with Gasteiger partial charge in [-0.2, -0.15) is 0 Å². The molecule has 0 bridgehead atoms. The SMILES string of the molecule is C#CCOCC(/C=C\C=C)=C/C.CC. The number of ether oxygens (including phenoxy) is 1. The average Bonchev–Trinajstić information content (AvgIpc) is 2.26. The minimum atomic E-state index is 0.360. The smallest absolute Gasteiger partial charge is 0.107 e. The zero-order chi connectivity index (χ0) is 11.2. The van der Waals surface area contributed by atoms with Gasteiger partial charge in [0.1, 0.15) is 6.61 Å². The van der Waals surface area contributed by atoms with Crippen LogP contribution in [0.4, 0.5) is 0 Å². The van der Waals surface area contributed by atoms with Gasteiger partial charge in [0, 0.05) is 0 Å². The normalized spacial score (nSPS) is 10.3. The molecule has 0 aliphatic heterocycles. The molecule has 0 spiro atoms. The third-order valence-electron chi connectivity index (χ3n) is 1.27. The van der Waals surface area contributed by atoms with Crippen molar-refractivity contribution < 1.29 is 4.74 Å². The Labute approximate surface area is 88.2 Å². The van der Waals surface area contributed by atoms with Crippen molar-refractivity contribution in [3.8, 4) is 12.3 Å². The van der Waals surface area contributed by atoms with Crippen molar-refractivity contribution in [2.24, 2.45) is 0 Å². The minimum Gasteiger partial charge on any atom is -0.364 e. The fourth-order valence-electron chi connectivity index (χ4n) is 0.647. The van der Waals surface area contributed by atoms with E-state index in [1.807, 2.05) is 39.0 Å². The molecule has 0 N–H and O–H groups in total. The molecule has 0 saturated heterocycles. The number of hydrogen-bond acceptors (Lipinski definition) is 1. The molecule has 0 heterocycles. The highest BCUT2D eigenvalue weighted by atomic mass is 16.5. The quantitative estimate of drug-likeness (QED) is 0.369. The molecule has 14 heavy (non-hydrogen) atoms. The summed E-state index contributed by atoms with van der Waals surface area (Å²) < 4.78 is 5.14. The van der Waals surface area contributed by atoms with Gasteiger partial charge in [-0.05, 0) is 12.5 Å². The molecule has 0 amide bonds. The first kappa shape index (κ1) is 15.2. The van der Waals surface area contributed by atoms with E-state index in [2.05, 4.69) is 12.5 Å². The molecule has 0 atom stereocenters. The number of hydrogen-bond donors (Lipinski definition) is 0. The molecule has 0 saturated carbocycles. The lowest BCUT2D eigenvalue weighted by Crippen LogP contribution is -1.96. The molecule has 0 aromatic carbocycles. The fourth-order valence-corrected chi connectivity index (χ4v) is 0.647. The van der Waals surface area contributed by atoms with Crippen LogP contribution in [-0.4, -0.2) is 13.2 Å². The topological polar surface area (TPSA) is 9.23 Å². The van der Waals surface area contributed by atoms with Gasteiger partial charge in [0.2, 0.25) is 0 Å². The van der Waals surface area contributed by atoms with Crippen LogP contribution in [-0.2, 0) is 4.74 Å². The summed E-state index contributed by atoms with van der Waals surface area (Å²) >= 11 is 0. The van der Waals surface area contributed by atoms with E-state index in [-0.39, 0.29) is 0 Å². The standard InChI is InChI=1S/C11H14O.C2H6/c1-4-7-8-11(6-3)10-12-9-5-2;1-2/h2,4,6-8H,1,9-10H2,3H3;1-2H3/b8-7-,11-6+;. The van der Waals surface area contributed by atoms with E-state index in [0.29, 0.717) is 13.2 Å². The van der Waals surface area contributed by atoms with Crippen LogP contribution < -0.4 is 0 Å². The highest BCUT2D eigenvalue weighted by Crippen LogP contribution is 1.97. The van der Waals surface area contributed by atoms with E-state index in [9.17, 15) is 0 Å². The summed E-state index contributed by atoms with van der Waals surface area (Å²) in [5.74, 6) is 2.41. The number of rotatable bonds is 5. The summed E-state index contributed by atoms with van der Waals surface area (Å²) in [6, 6.07) is 0. The highest BCUT2D eigenvalue weighted by Gasteiger charge is 1.88. The minimum absolute atomic E-state index is 0.360. The Morgan fingerprint density at radius 1 is 1.50 bits per heavy atom. The molecule has 0 aromatic rings. The van der Waals surface area contributed by atoms with Crippen LogP contribution >= 0.6 is 0 Å². The van der Waals surface area contributed by atoms with Gasteiger partial charge >= 0.3 is 0 Å². The number of allylic oxidation sites excluding steroid dienone is 3. The van der Waals surface area contributed by atoms with E-state index < -0.39 is 0 Å². The van der Waals surface area contributed by atoms with Crippen LogP contribution in [0.5, 0.6) is 0 Å². The third-order valence-corrected chi connectivity index (χ3v) is 1.27. The van der Waals surface area contributed by atoms with Crippen molar-refractivity contribution in [2.75, 3.05) is 13.2 Å². The monoisotopic (exact) mass is 192 g/mol. The Morgan fingerprint density at radius 3 is 2.57 bits per heavy atom. The summed E-state index contributed by atoms with van der Waals surface area (Å²) in [6.07, 6.45) is 12.6. The van der Waals surface area contributed by atoms with Crippen molar-refractivity contribution in [1.82, 2.24) is 0 Å².